The van der Waals surface area contributed by atoms with Gasteiger partial charge in [-0.15, -0.1) is 0 Å². The Morgan fingerprint density at radius 1 is 1.23 bits per heavy atom. The fourth-order valence-corrected chi connectivity index (χ4v) is 3.35. The van der Waals surface area contributed by atoms with Crippen molar-refractivity contribution in [1.29, 1.82) is 0 Å². The van der Waals surface area contributed by atoms with Crippen molar-refractivity contribution < 1.29 is 14.6 Å². The number of hydrogen-bond donors (Lipinski definition) is 2. The topological polar surface area (TPSA) is 84.9 Å². The van der Waals surface area contributed by atoms with E-state index in [0.29, 0.717) is 19.0 Å². The first-order valence-electron chi connectivity index (χ1n) is 8.46. The summed E-state index contributed by atoms with van der Waals surface area (Å²) in [4.78, 5) is 13.0. The molecule has 4 rings (SSSR count). The number of nitrogens with zero attached hydrogens (tertiary/aromatic N) is 1. The van der Waals surface area contributed by atoms with Crippen molar-refractivity contribution >= 4 is 18.4 Å². The molecule has 0 bridgehead atoms. The van der Waals surface area contributed by atoms with Gasteiger partial charge in [-0.2, -0.15) is 0 Å². The van der Waals surface area contributed by atoms with E-state index < -0.39 is 5.54 Å². The van der Waals surface area contributed by atoms with Crippen LogP contribution in [0.2, 0.25) is 0 Å². The van der Waals surface area contributed by atoms with E-state index in [4.69, 9.17) is 20.4 Å². The van der Waals surface area contributed by atoms with E-state index in [-0.39, 0.29) is 6.47 Å². The van der Waals surface area contributed by atoms with Crippen LogP contribution in [-0.2, 0) is 21.5 Å². The lowest BCUT2D eigenvalue weighted by Crippen LogP contribution is -2.37. The van der Waals surface area contributed by atoms with E-state index in [0.717, 1.165) is 12.0 Å². The van der Waals surface area contributed by atoms with E-state index in [1.807, 2.05) is 0 Å². The Morgan fingerprint density at radius 3 is 2.77 bits per heavy atom. The Kier molecular flexibility index (Phi) is 5.19. The summed E-state index contributed by atoms with van der Waals surface area (Å²) in [5.41, 5.74) is 11.8. The van der Waals surface area contributed by atoms with Crippen LogP contribution in [0.5, 0.6) is 0 Å². The molecule has 5 nitrogen and oxygen atoms in total. The number of hydrogen-bond acceptors (Lipinski definition) is 4. The molecule has 0 radical (unpaired) electrons. The number of nitrogens with two attached hydrogens (primary N) is 1. The number of amidine groups is 1. The van der Waals surface area contributed by atoms with Crippen LogP contribution in [0.4, 0.5) is 0 Å². The van der Waals surface area contributed by atoms with Gasteiger partial charge in [0.15, 0.2) is 0 Å². The molecule has 2 aliphatic rings. The van der Waals surface area contributed by atoms with Crippen molar-refractivity contribution in [2.45, 2.75) is 18.9 Å². The Labute approximate surface area is 152 Å². The maximum absolute atomic E-state index is 8.36. The quantitative estimate of drug-likeness (QED) is 0.815. The number of fused-ring (bicyclic) bond motifs is 1. The van der Waals surface area contributed by atoms with Crippen molar-refractivity contribution in [2.75, 3.05) is 13.2 Å². The summed E-state index contributed by atoms with van der Waals surface area (Å²) < 4.78 is 5.59. The van der Waals surface area contributed by atoms with Crippen molar-refractivity contribution in [1.82, 2.24) is 0 Å². The Balaban J connectivity index is 0.000000613. The minimum atomic E-state index is -0.408. The van der Waals surface area contributed by atoms with Gasteiger partial charge in [0.25, 0.3) is 6.47 Å². The van der Waals surface area contributed by atoms with Crippen LogP contribution in [0, 0.1) is 0 Å². The molecule has 0 spiro atoms. The number of ether oxygens (including phenoxy) is 1. The van der Waals surface area contributed by atoms with Crippen LogP contribution >= 0.6 is 0 Å². The Hall–Kier alpha value is -2.92. The van der Waals surface area contributed by atoms with E-state index in [9.17, 15) is 0 Å². The molecule has 0 saturated carbocycles. The average molecular weight is 350 g/mol. The van der Waals surface area contributed by atoms with Crippen molar-refractivity contribution in [2.24, 2.45) is 10.7 Å². The summed E-state index contributed by atoms with van der Waals surface area (Å²) in [6.07, 6.45) is 5.45. The second-order valence-electron chi connectivity index (χ2n) is 6.58. The molecule has 1 heterocycles. The predicted octanol–water partition coefficient (Wildman–Crippen LogP) is 3.23. The number of benzene rings is 2. The smallest absolute Gasteiger partial charge is 0.290 e. The van der Waals surface area contributed by atoms with Gasteiger partial charge >= 0.3 is 0 Å². The molecule has 134 valence electrons. The molecule has 1 aliphatic carbocycles. The monoisotopic (exact) mass is 350 g/mol. The summed E-state index contributed by atoms with van der Waals surface area (Å²) in [6.45, 7) is 2.81. The lowest BCUT2D eigenvalue weighted by Gasteiger charge is -2.30. The zero-order valence-electron chi connectivity index (χ0n) is 14.7. The molecule has 5 heteroatoms. The SMILES string of the molecule is CC1(c2cccc(-c3ccc4c(c3)C=CC4)c2)COCC(N)=N1.O=CO. The highest BCUT2D eigenvalue weighted by Gasteiger charge is 2.30. The van der Waals surface area contributed by atoms with Crippen molar-refractivity contribution in [3.8, 4) is 11.1 Å². The predicted molar refractivity (Wildman–Crippen MR) is 103 cm³/mol. The molecule has 2 aromatic carbocycles. The average Bonchev–Trinajstić information content (AvgIpc) is 3.10. The second kappa shape index (κ2) is 7.54. The number of carbonyl (C=O) groups is 1. The molecule has 0 saturated heterocycles. The first-order valence-corrected chi connectivity index (χ1v) is 8.46. The summed E-state index contributed by atoms with van der Waals surface area (Å²) >= 11 is 0. The fraction of sp³-hybridized carbons (Fsp3) is 0.238. The van der Waals surface area contributed by atoms with Gasteiger partial charge in [0.2, 0.25) is 0 Å². The highest BCUT2D eigenvalue weighted by Crippen LogP contribution is 2.32. The third-order valence-electron chi connectivity index (χ3n) is 4.62. The minimum absolute atomic E-state index is 0.250. The summed E-state index contributed by atoms with van der Waals surface area (Å²) in [5, 5.41) is 6.89. The molecule has 3 N–H and O–H groups in total. The zero-order chi connectivity index (χ0) is 18.6. The van der Waals surface area contributed by atoms with Crippen LogP contribution in [0.25, 0.3) is 17.2 Å². The third kappa shape index (κ3) is 3.68. The molecule has 0 amide bonds. The van der Waals surface area contributed by atoms with Crippen LogP contribution in [0.15, 0.2) is 53.5 Å². The minimum Gasteiger partial charge on any atom is -0.483 e. The molecule has 0 fully saturated rings. The van der Waals surface area contributed by atoms with Crippen LogP contribution in [0.3, 0.4) is 0 Å². The molecular formula is C21H22N2O3. The fourth-order valence-electron chi connectivity index (χ4n) is 3.35. The summed E-state index contributed by atoms with van der Waals surface area (Å²) in [5.74, 6) is 0.562. The van der Waals surface area contributed by atoms with Gasteiger partial charge in [0, 0.05) is 0 Å². The van der Waals surface area contributed by atoms with E-state index >= 15 is 0 Å². The first kappa shape index (κ1) is 17.9. The summed E-state index contributed by atoms with van der Waals surface area (Å²) in [6, 6.07) is 15.2. The second-order valence-corrected chi connectivity index (χ2v) is 6.58. The lowest BCUT2D eigenvalue weighted by molar-refractivity contribution is -0.122. The number of allylic oxidation sites excluding steroid dienone is 1. The molecule has 0 aromatic heterocycles. The van der Waals surface area contributed by atoms with Gasteiger partial charge < -0.3 is 15.6 Å². The molecule has 26 heavy (non-hydrogen) atoms. The lowest BCUT2D eigenvalue weighted by atomic mass is 9.89. The van der Waals surface area contributed by atoms with E-state index in [2.05, 4.69) is 66.5 Å². The normalized spacial score (nSPS) is 20.6. The van der Waals surface area contributed by atoms with Gasteiger partial charge in [-0.1, -0.05) is 42.5 Å². The molecule has 2 aromatic rings. The highest BCUT2D eigenvalue weighted by atomic mass is 16.5. The van der Waals surface area contributed by atoms with Gasteiger partial charge in [-0.3, -0.25) is 9.79 Å². The van der Waals surface area contributed by atoms with E-state index in [1.165, 1.54) is 22.3 Å². The Morgan fingerprint density at radius 2 is 2.00 bits per heavy atom. The van der Waals surface area contributed by atoms with Gasteiger partial charge in [-0.25, -0.2) is 0 Å². The standard InChI is InChI=1S/C20H20N2O.CH2O2/c1-20(13-23-12-19(21)22-20)18-7-3-6-16(11-18)17-9-8-14-4-2-5-15(14)10-17;2-1-3/h2-3,5-11H,4,12-13H2,1H3,(H2,21,22);1H,(H,2,3). The number of carboxylic acid groups (broad SMARTS) is 1. The first-order chi connectivity index (χ1) is 12.6. The molecule has 1 aliphatic heterocycles. The van der Waals surface area contributed by atoms with Crippen LogP contribution in [0.1, 0.15) is 23.6 Å². The Bertz CT molecular complexity index is 873. The maximum atomic E-state index is 8.36. The molecule has 1 unspecified atom stereocenters. The molecule has 1 atom stereocenters. The van der Waals surface area contributed by atoms with Crippen LogP contribution < -0.4 is 5.73 Å². The van der Waals surface area contributed by atoms with Gasteiger partial charge in [0.05, 0.1) is 6.61 Å². The largest absolute Gasteiger partial charge is 0.483 e. The highest BCUT2D eigenvalue weighted by molar-refractivity contribution is 5.82. The van der Waals surface area contributed by atoms with Crippen LogP contribution in [-0.4, -0.2) is 30.6 Å². The van der Waals surface area contributed by atoms with Gasteiger partial charge in [-0.05, 0) is 53.3 Å². The summed E-state index contributed by atoms with van der Waals surface area (Å²) in [7, 11) is 0. The van der Waals surface area contributed by atoms with Crippen molar-refractivity contribution in [3.05, 3.63) is 65.2 Å². The molecular weight excluding hydrogens is 328 g/mol. The third-order valence-corrected chi connectivity index (χ3v) is 4.62. The number of rotatable bonds is 2. The zero-order valence-corrected chi connectivity index (χ0v) is 14.7. The van der Waals surface area contributed by atoms with E-state index in [1.54, 1.807) is 0 Å². The van der Waals surface area contributed by atoms with Gasteiger partial charge in [0.1, 0.15) is 18.0 Å². The number of aliphatic imine (C=N–C) groups is 1. The van der Waals surface area contributed by atoms with Crippen molar-refractivity contribution in [3.63, 3.8) is 0 Å². The maximum Gasteiger partial charge on any atom is 0.290 e.